The number of rotatable bonds is 1. The maximum atomic E-state index is 12.2. The Morgan fingerprint density at radius 2 is 2.22 bits per heavy atom. The van der Waals surface area contributed by atoms with Crippen LogP contribution in [-0.4, -0.2) is 27.5 Å². The summed E-state index contributed by atoms with van der Waals surface area (Å²) in [5.41, 5.74) is 7.05. The Balaban J connectivity index is 1.80. The molecule has 0 saturated carbocycles. The molecular weight excluding hydrogens is 248 g/mol. The zero-order chi connectivity index (χ0) is 12.5. The van der Waals surface area contributed by atoms with Crippen LogP contribution in [0.25, 0.3) is 0 Å². The molecule has 0 fully saturated rings. The van der Waals surface area contributed by atoms with Gasteiger partial charge in [0.2, 0.25) is 0 Å². The van der Waals surface area contributed by atoms with Crippen molar-refractivity contribution in [1.29, 1.82) is 0 Å². The molecule has 0 bridgehead atoms. The number of nitrogens with two attached hydrogens (primary N) is 1. The lowest BCUT2D eigenvalue weighted by Crippen LogP contribution is -2.35. The SMILES string of the molecule is Nc1ccc(C(=O)N2CCc3sccc3C2)nn1. The Bertz CT molecular complexity index is 578. The minimum Gasteiger partial charge on any atom is -0.382 e. The monoisotopic (exact) mass is 260 g/mol. The first-order valence-electron chi connectivity index (χ1n) is 5.68. The molecule has 0 atom stereocenters. The highest BCUT2D eigenvalue weighted by molar-refractivity contribution is 7.10. The highest BCUT2D eigenvalue weighted by atomic mass is 32.1. The minimum absolute atomic E-state index is 0.0839. The van der Waals surface area contributed by atoms with E-state index in [1.807, 2.05) is 0 Å². The van der Waals surface area contributed by atoms with Crippen molar-refractivity contribution in [1.82, 2.24) is 15.1 Å². The van der Waals surface area contributed by atoms with Crippen molar-refractivity contribution in [3.63, 3.8) is 0 Å². The van der Waals surface area contributed by atoms with E-state index < -0.39 is 0 Å². The summed E-state index contributed by atoms with van der Waals surface area (Å²) in [6, 6.07) is 5.29. The molecule has 0 spiro atoms. The fraction of sp³-hybridized carbons (Fsp3) is 0.250. The van der Waals surface area contributed by atoms with Crippen molar-refractivity contribution < 1.29 is 4.79 Å². The molecular formula is C12H12N4OS. The summed E-state index contributed by atoms with van der Waals surface area (Å²) >= 11 is 1.75. The van der Waals surface area contributed by atoms with E-state index in [0.717, 1.165) is 13.0 Å². The first-order chi connectivity index (χ1) is 8.74. The number of thiophene rings is 1. The van der Waals surface area contributed by atoms with E-state index in [0.29, 0.717) is 18.1 Å². The van der Waals surface area contributed by atoms with Gasteiger partial charge in [-0.25, -0.2) is 0 Å². The fourth-order valence-corrected chi connectivity index (χ4v) is 2.93. The van der Waals surface area contributed by atoms with Crippen molar-refractivity contribution in [2.75, 3.05) is 12.3 Å². The second kappa shape index (κ2) is 4.38. The second-order valence-corrected chi connectivity index (χ2v) is 5.19. The summed E-state index contributed by atoms with van der Waals surface area (Å²) in [6.45, 7) is 1.39. The molecule has 2 aromatic rings. The van der Waals surface area contributed by atoms with Gasteiger partial charge >= 0.3 is 0 Å². The molecule has 5 nitrogen and oxygen atoms in total. The van der Waals surface area contributed by atoms with E-state index in [9.17, 15) is 4.79 Å². The molecule has 1 aliphatic heterocycles. The van der Waals surface area contributed by atoms with Crippen LogP contribution in [0.15, 0.2) is 23.6 Å². The van der Waals surface area contributed by atoms with Crippen LogP contribution in [0.3, 0.4) is 0 Å². The number of nitrogen functional groups attached to an aromatic ring is 1. The van der Waals surface area contributed by atoms with Gasteiger partial charge in [-0.2, -0.15) is 0 Å². The number of aromatic nitrogens is 2. The summed E-state index contributed by atoms with van der Waals surface area (Å²) in [5.74, 6) is 0.240. The number of fused-ring (bicyclic) bond motifs is 1. The summed E-state index contributed by atoms with van der Waals surface area (Å²) in [7, 11) is 0. The minimum atomic E-state index is -0.0839. The van der Waals surface area contributed by atoms with E-state index in [1.54, 1.807) is 28.4 Å². The van der Waals surface area contributed by atoms with Gasteiger partial charge in [0.05, 0.1) is 0 Å². The molecule has 3 heterocycles. The van der Waals surface area contributed by atoms with Gasteiger partial charge in [0.15, 0.2) is 5.69 Å². The molecule has 0 radical (unpaired) electrons. The van der Waals surface area contributed by atoms with Gasteiger partial charge in [-0.15, -0.1) is 21.5 Å². The van der Waals surface area contributed by atoms with Crippen LogP contribution in [-0.2, 0) is 13.0 Å². The second-order valence-electron chi connectivity index (χ2n) is 4.19. The third-order valence-corrected chi connectivity index (χ3v) is 4.02. The maximum Gasteiger partial charge on any atom is 0.274 e. The largest absolute Gasteiger partial charge is 0.382 e. The molecule has 0 aliphatic carbocycles. The molecule has 1 aliphatic rings. The summed E-state index contributed by atoms with van der Waals surface area (Å²) in [4.78, 5) is 15.4. The van der Waals surface area contributed by atoms with Gasteiger partial charge < -0.3 is 10.6 Å². The third-order valence-electron chi connectivity index (χ3n) is 3.00. The van der Waals surface area contributed by atoms with Crippen molar-refractivity contribution in [3.8, 4) is 0 Å². The molecule has 0 unspecified atom stereocenters. The van der Waals surface area contributed by atoms with Crippen LogP contribution in [0.5, 0.6) is 0 Å². The molecule has 18 heavy (non-hydrogen) atoms. The van der Waals surface area contributed by atoms with Crippen molar-refractivity contribution in [2.45, 2.75) is 13.0 Å². The predicted molar refractivity (Wildman–Crippen MR) is 69.2 cm³/mol. The fourth-order valence-electron chi connectivity index (χ4n) is 2.04. The number of anilines is 1. The first-order valence-corrected chi connectivity index (χ1v) is 6.56. The number of nitrogens with zero attached hydrogens (tertiary/aromatic N) is 3. The highest BCUT2D eigenvalue weighted by Crippen LogP contribution is 2.24. The Kier molecular flexibility index (Phi) is 2.71. The van der Waals surface area contributed by atoms with Gasteiger partial charge in [0, 0.05) is 18.0 Å². The lowest BCUT2D eigenvalue weighted by molar-refractivity contribution is 0.0729. The number of hydrogen-bond donors (Lipinski definition) is 1. The van der Waals surface area contributed by atoms with Crippen LogP contribution < -0.4 is 5.73 Å². The van der Waals surface area contributed by atoms with E-state index in [-0.39, 0.29) is 5.91 Å². The van der Waals surface area contributed by atoms with Crippen LogP contribution in [0, 0.1) is 0 Å². The van der Waals surface area contributed by atoms with Gasteiger partial charge in [0.1, 0.15) is 5.82 Å². The molecule has 92 valence electrons. The van der Waals surface area contributed by atoms with E-state index >= 15 is 0 Å². The van der Waals surface area contributed by atoms with Crippen LogP contribution >= 0.6 is 11.3 Å². The lowest BCUT2D eigenvalue weighted by atomic mass is 10.1. The maximum absolute atomic E-state index is 12.2. The van der Waals surface area contributed by atoms with Crippen molar-refractivity contribution in [3.05, 3.63) is 39.7 Å². The topological polar surface area (TPSA) is 72.1 Å². The Morgan fingerprint density at radius 1 is 1.33 bits per heavy atom. The average Bonchev–Trinajstić information content (AvgIpc) is 2.86. The van der Waals surface area contributed by atoms with Crippen molar-refractivity contribution in [2.24, 2.45) is 0 Å². The number of amides is 1. The van der Waals surface area contributed by atoms with Crippen LogP contribution in [0.1, 0.15) is 20.9 Å². The molecule has 2 aromatic heterocycles. The number of carbonyl (C=O) groups excluding carboxylic acids is 1. The highest BCUT2D eigenvalue weighted by Gasteiger charge is 2.23. The van der Waals surface area contributed by atoms with Crippen LogP contribution in [0.4, 0.5) is 5.82 Å². The number of hydrogen-bond acceptors (Lipinski definition) is 5. The molecule has 0 saturated heterocycles. The molecule has 6 heteroatoms. The average molecular weight is 260 g/mol. The summed E-state index contributed by atoms with van der Waals surface area (Å²) < 4.78 is 0. The van der Waals surface area contributed by atoms with Gasteiger partial charge in [-0.1, -0.05) is 0 Å². The number of carbonyl (C=O) groups is 1. The van der Waals surface area contributed by atoms with E-state index in [1.165, 1.54) is 10.4 Å². The Labute approximate surface area is 108 Å². The van der Waals surface area contributed by atoms with Gasteiger partial charge in [0.25, 0.3) is 5.91 Å². The van der Waals surface area contributed by atoms with E-state index in [4.69, 9.17) is 5.73 Å². The molecule has 0 aromatic carbocycles. The van der Waals surface area contributed by atoms with Gasteiger partial charge in [-0.3, -0.25) is 4.79 Å². The van der Waals surface area contributed by atoms with E-state index in [2.05, 4.69) is 21.6 Å². The predicted octanol–water partition coefficient (Wildman–Crippen LogP) is 1.32. The summed E-state index contributed by atoms with van der Waals surface area (Å²) in [5, 5.41) is 9.62. The Hall–Kier alpha value is -1.95. The Morgan fingerprint density at radius 3 is 3.00 bits per heavy atom. The standard InChI is InChI=1S/C12H12N4OS/c13-11-2-1-9(14-15-11)12(17)16-5-3-10-8(7-16)4-6-18-10/h1-2,4,6H,3,5,7H2,(H2,13,15). The van der Waals surface area contributed by atoms with Crippen LogP contribution in [0.2, 0.25) is 0 Å². The lowest BCUT2D eigenvalue weighted by Gasteiger charge is -2.26. The quantitative estimate of drug-likeness (QED) is 0.839. The zero-order valence-corrected chi connectivity index (χ0v) is 10.5. The summed E-state index contributed by atoms with van der Waals surface area (Å²) in [6.07, 6.45) is 0.918. The van der Waals surface area contributed by atoms with Gasteiger partial charge in [-0.05, 0) is 35.6 Å². The smallest absolute Gasteiger partial charge is 0.274 e. The zero-order valence-electron chi connectivity index (χ0n) is 9.67. The molecule has 2 N–H and O–H groups in total. The molecule has 3 rings (SSSR count). The third kappa shape index (κ3) is 1.95. The van der Waals surface area contributed by atoms with Crippen molar-refractivity contribution >= 4 is 23.1 Å². The normalized spacial score (nSPS) is 14.3. The molecule has 1 amide bonds. The first kappa shape index (κ1) is 11.2.